The summed E-state index contributed by atoms with van der Waals surface area (Å²) >= 11 is 0.807. The first kappa shape index (κ1) is 17.2. The van der Waals surface area contributed by atoms with Crippen molar-refractivity contribution in [2.45, 2.75) is 18.6 Å². The average Bonchev–Trinajstić information content (AvgIpc) is 2.84. The van der Waals surface area contributed by atoms with Crippen LogP contribution in [-0.4, -0.2) is 22.3 Å². The van der Waals surface area contributed by atoms with E-state index in [9.17, 15) is 18.8 Å². The molecule has 1 aliphatic rings. The van der Waals surface area contributed by atoms with E-state index in [1.54, 1.807) is 12.1 Å². The number of anilines is 2. The highest BCUT2D eigenvalue weighted by Crippen LogP contribution is 2.33. The minimum atomic E-state index is -0.790. The Labute approximate surface area is 148 Å². The van der Waals surface area contributed by atoms with Gasteiger partial charge in [0.05, 0.1) is 5.69 Å². The molecular formula is C18H15FN2O3S. The summed E-state index contributed by atoms with van der Waals surface area (Å²) in [7, 11) is 0. The molecule has 0 spiro atoms. The van der Waals surface area contributed by atoms with E-state index in [2.05, 4.69) is 5.32 Å². The maximum atomic E-state index is 13.0. The first-order chi connectivity index (χ1) is 12.0. The van der Waals surface area contributed by atoms with Crippen molar-refractivity contribution in [3.8, 4) is 0 Å². The van der Waals surface area contributed by atoms with Crippen molar-refractivity contribution < 1.29 is 18.8 Å². The Bertz CT molecular complexity index is 838. The van der Waals surface area contributed by atoms with E-state index in [0.29, 0.717) is 11.4 Å². The average molecular weight is 358 g/mol. The lowest BCUT2D eigenvalue weighted by molar-refractivity contribution is -0.121. The van der Waals surface area contributed by atoms with Crippen LogP contribution in [0.5, 0.6) is 0 Å². The highest BCUT2D eigenvalue weighted by Gasteiger charge is 2.41. The van der Waals surface area contributed by atoms with Crippen molar-refractivity contribution in [1.82, 2.24) is 0 Å². The SMILES string of the molecule is Cc1ccccc1NC(=O)CC1SC(=O)N(c2ccc(F)cc2)C1=O. The molecule has 1 atom stereocenters. The lowest BCUT2D eigenvalue weighted by atomic mass is 10.2. The van der Waals surface area contributed by atoms with Gasteiger partial charge in [0.15, 0.2) is 0 Å². The maximum absolute atomic E-state index is 13.0. The van der Waals surface area contributed by atoms with Crippen molar-refractivity contribution in [2.75, 3.05) is 10.2 Å². The maximum Gasteiger partial charge on any atom is 0.293 e. The number of carbonyl (C=O) groups is 3. The Hall–Kier alpha value is -2.67. The molecule has 1 heterocycles. The van der Waals surface area contributed by atoms with Crippen molar-refractivity contribution in [3.63, 3.8) is 0 Å². The second-order valence-electron chi connectivity index (χ2n) is 5.59. The van der Waals surface area contributed by atoms with Crippen LogP contribution >= 0.6 is 11.8 Å². The third kappa shape index (κ3) is 3.71. The molecule has 0 aliphatic carbocycles. The zero-order valence-corrected chi connectivity index (χ0v) is 14.2. The van der Waals surface area contributed by atoms with Gasteiger partial charge >= 0.3 is 0 Å². The molecular weight excluding hydrogens is 343 g/mol. The van der Waals surface area contributed by atoms with Gasteiger partial charge in [-0.05, 0) is 54.6 Å². The first-order valence-corrected chi connectivity index (χ1v) is 8.49. The fourth-order valence-corrected chi connectivity index (χ4v) is 3.48. The third-order valence-electron chi connectivity index (χ3n) is 3.80. The van der Waals surface area contributed by atoms with E-state index < -0.39 is 22.2 Å². The van der Waals surface area contributed by atoms with Crippen LogP contribution in [0.3, 0.4) is 0 Å². The van der Waals surface area contributed by atoms with Gasteiger partial charge in [-0.1, -0.05) is 18.2 Å². The topological polar surface area (TPSA) is 66.5 Å². The minimum Gasteiger partial charge on any atom is -0.326 e. The molecule has 1 fully saturated rings. The van der Waals surface area contributed by atoms with E-state index >= 15 is 0 Å². The van der Waals surface area contributed by atoms with Crippen LogP contribution in [0.2, 0.25) is 0 Å². The van der Waals surface area contributed by atoms with Crippen LogP contribution in [0.25, 0.3) is 0 Å². The highest BCUT2D eigenvalue weighted by atomic mass is 32.2. The monoisotopic (exact) mass is 358 g/mol. The molecule has 0 bridgehead atoms. The summed E-state index contributed by atoms with van der Waals surface area (Å²) in [6.07, 6.45) is -0.110. The number of nitrogens with one attached hydrogen (secondary N) is 1. The second kappa shape index (κ2) is 7.06. The van der Waals surface area contributed by atoms with E-state index in [-0.39, 0.29) is 12.3 Å². The van der Waals surface area contributed by atoms with E-state index in [0.717, 1.165) is 22.2 Å². The normalized spacial score (nSPS) is 17.0. The fourth-order valence-electron chi connectivity index (χ4n) is 2.49. The van der Waals surface area contributed by atoms with Gasteiger partial charge in [-0.25, -0.2) is 9.29 Å². The number of carbonyl (C=O) groups excluding carboxylic acids is 3. The standard InChI is InChI=1S/C18H15FN2O3S/c1-11-4-2-3-5-14(11)20-16(22)10-15-17(23)21(18(24)25-15)13-8-6-12(19)7-9-13/h2-9,15H,10H2,1H3,(H,20,22). The van der Waals surface area contributed by atoms with Gasteiger partial charge in [-0.15, -0.1) is 0 Å². The van der Waals surface area contributed by atoms with Crippen LogP contribution < -0.4 is 10.2 Å². The number of nitrogens with zero attached hydrogens (tertiary/aromatic N) is 1. The number of amides is 3. The van der Waals surface area contributed by atoms with Crippen molar-refractivity contribution in [1.29, 1.82) is 0 Å². The Kier molecular flexibility index (Phi) is 4.85. The molecule has 1 unspecified atom stereocenters. The van der Waals surface area contributed by atoms with E-state index in [1.807, 2.05) is 19.1 Å². The Morgan fingerprint density at radius 3 is 2.52 bits per heavy atom. The summed E-state index contributed by atoms with van der Waals surface area (Å²) in [5.74, 6) is -1.26. The number of hydrogen-bond donors (Lipinski definition) is 1. The van der Waals surface area contributed by atoms with Gasteiger partial charge in [0.25, 0.3) is 5.24 Å². The van der Waals surface area contributed by atoms with Crippen LogP contribution in [-0.2, 0) is 9.59 Å². The minimum absolute atomic E-state index is 0.110. The third-order valence-corrected chi connectivity index (χ3v) is 4.83. The summed E-state index contributed by atoms with van der Waals surface area (Å²) in [4.78, 5) is 37.8. The zero-order chi connectivity index (χ0) is 18.0. The number of para-hydroxylation sites is 1. The summed E-state index contributed by atoms with van der Waals surface area (Å²) in [6, 6.07) is 12.4. The summed E-state index contributed by atoms with van der Waals surface area (Å²) in [5, 5.41) is 1.49. The number of rotatable bonds is 4. The van der Waals surface area contributed by atoms with E-state index in [4.69, 9.17) is 0 Å². The van der Waals surface area contributed by atoms with Crippen molar-refractivity contribution in [3.05, 3.63) is 59.9 Å². The molecule has 3 amide bonds. The molecule has 2 aromatic rings. The predicted octanol–water partition coefficient (Wildman–Crippen LogP) is 3.73. The fraction of sp³-hybridized carbons (Fsp3) is 0.167. The molecule has 1 saturated heterocycles. The number of aryl methyl sites for hydroxylation is 1. The molecule has 0 aromatic heterocycles. The van der Waals surface area contributed by atoms with Gasteiger partial charge in [0.1, 0.15) is 11.1 Å². The van der Waals surface area contributed by atoms with Crippen LogP contribution in [0.1, 0.15) is 12.0 Å². The van der Waals surface area contributed by atoms with Gasteiger partial charge in [-0.3, -0.25) is 14.4 Å². The lowest BCUT2D eigenvalue weighted by Gasteiger charge is -2.14. The molecule has 3 rings (SSSR count). The van der Waals surface area contributed by atoms with Crippen molar-refractivity contribution >= 4 is 40.2 Å². The van der Waals surface area contributed by atoms with Gasteiger partial charge in [-0.2, -0.15) is 0 Å². The summed E-state index contributed by atoms with van der Waals surface area (Å²) in [6.45, 7) is 1.87. The molecule has 0 radical (unpaired) electrons. The van der Waals surface area contributed by atoms with Gasteiger partial charge < -0.3 is 5.32 Å². The molecule has 25 heavy (non-hydrogen) atoms. The second-order valence-corrected chi connectivity index (χ2v) is 6.74. The lowest BCUT2D eigenvalue weighted by Crippen LogP contribution is -2.33. The van der Waals surface area contributed by atoms with Crippen molar-refractivity contribution in [2.24, 2.45) is 0 Å². The summed E-state index contributed by atoms with van der Waals surface area (Å²) < 4.78 is 13.0. The Balaban J connectivity index is 1.69. The Morgan fingerprint density at radius 1 is 1.16 bits per heavy atom. The van der Waals surface area contributed by atoms with Gasteiger partial charge in [0, 0.05) is 12.1 Å². The Morgan fingerprint density at radius 2 is 1.84 bits per heavy atom. The molecule has 0 saturated carbocycles. The predicted molar refractivity (Wildman–Crippen MR) is 95.1 cm³/mol. The molecule has 1 aliphatic heterocycles. The van der Waals surface area contributed by atoms with Crippen LogP contribution in [0.15, 0.2) is 48.5 Å². The zero-order valence-electron chi connectivity index (χ0n) is 13.4. The quantitative estimate of drug-likeness (QED) is 0.904. The first-order valence-electron chi connectivity index (χ1n) is 7.61. The number of halogens is 1. The number of imide groups is 1. The number of benzene rings is 2. The molecule has 5 nitrogen and oxygen atoms in total. The molecule has 128 valence electrons. The smallest absolute Gasteiger partial charge is 0.293 e. The van der Waals surface area contributed by atoms with Crippen LogP contribution in [0, 0.1) is 12.7 Å². The number of hydrogen-bond acceptors (Lipinski definition) is 4. The molecule has 1 N–H and O–H groups in total. The van der Waals surface area contributed by atoms with E-state index in [1.165, 1.54) is 24.3 Å². The number of thioether (sulfide) groups is 1. The summed E-state index contributed by atoms with van der Waals surface area (Å²) in [5.41, 5.74) is 1.88. The van der Waals surface area contributed by atoms with Crippen LogP contribution in [0.4, 0.5) is 20.6 Å². The largest absolute Gasteiger partial charge is 0.326 e. The molecule has 7 heteroatoms. The highest BCUT2D eigenvalue weighted by molar-refractivity contribution is 8.15. The van der Waals surface area contributed by atoms with Gasteiger partial charge in [0.2, 0.25) is 11.8 Å². The molecule has 2 aromatic carbocycles.